The van der Waals surface area contributed by atoms with Gasteiger partial charge in [0, 0.05) is 15.3 Å². The molecule has 5 heteroatoms. The summed E-state index contributed by atoms with van der Waals surface area (Å²) in [6.07, 6.45) is 3.59. The molecule has 0 unspecified atom stereocenters. The normalized spacial score (nSPS) is 22.4. The number of carbonyl (C=O) groups excluding carboxylic acids is 1. The van der Waals surface area contributed by atoms with Crippen molar-refractivity contribution in [3.8, 4) is 0 Å². The van der Waals surface area contributed by atoms with E-state index < -0.39 is 0 Å². The summed E-state index contributed by atoms with van der Waals surface area (Å²) in [5, 5.41) is 3.44. The first kappa shape index (κ1) is 15.5. The Morgan fingerprint density at radius 1 is 1.40 bits per heavy atom. The van der Waals surface area contributed by atoms with Crippen LogP contribution >= 0.6 is 22.6 Å². The van der Waals surface area contributed by atoms with E-state index in [9.17, 15) is 9.18 Å². The molecule has 1 aromatic carbocycles. The molecule has 0 saturated heterocycles. The van der Waals surface area contributed by atoms with Crippen LogP contribution in [0.2, 0.25) is 0 Å². The van der Waals surface area contributed by atoms with Crippen molar-refractivity contribution in [2.45, 2.75) is 38.6 Å². The van der Waals surface area contributed by atoms with Gasteiger partial charge in [0.25, 0.3) is 0 Å². The van der Waals surface area contributed by atoms with Gasteiger partial charge >= 0.3 is 5.97 Å². The highest BCUT2D eigenvalue weighted by Crippen LogP contribution is 2.29. The smallest absolute Gasteiger partial charge is 0.308 e. The lowest BCUT2D eigenvalue weighted by Gasteiger charge is -2.28. The SMILES string of the molecule is CCOC(=O)C1CCC(Nc2ccc(F)cc2I)CC1. The topological polar surface area (TPSA) is 38.3 Å². The van der Waals surface area contributed by atoms with Gasteiger partial charge in [0.2, 0.25) is 0 Å². The number of hydrogen-bond donors (Lipinski definition) is 1. The standard InChI is InChI=1S/C15H19FINO2/c1-2-20-15(19)10-3-6-12(7-4-10)18-14-8-5-11(16)9-13(14)17/h5,8-10,12,18H,2-4,6-7H2,1H3. The lowest BCUT2D eigenvalue weighted by Crippen LogP contribution is -2.30. The zero-order valence-electron chi connectivity index (χ0n) is 11.5. The Kier molecular flexibility index (Phi) is 5.63. The van der Waals surface area contributed by atoms with Gasteiger partial charge < -0.3 is 10.1 Å². The fourth-order valence-electron chi connectivity index (χ4n) is 2.56. The zero-order chi connectivity index (χ0) is 14.5. The number of benzene rings is 1. The van der Waals surface area contributed by atoms with Crippen LogP contribution in [0.4, 0.5) is 10.1 Å². The molecule has 1 fully saturated rings. The van der Waals surface area contributed by atoms with E-state index >= 15 is 0 Å². The summed E-state index contributed by atoms with van der Waals surface area (Å²) >= 11 is 2.13. The summed E-state index contributed by atoms with van der Waals surface area (Å²) < 4.78 is 19.0. The van der Waals surface area contributed by atoms with Crippen molar-refractivity contribution in [2.75, 3.05) is 11.9 Å². The molecule has 1 N–H and O–H groups in total. The Balaban J connectivity index is 1.86. The minimum Gasteiger partial charge on any atom is -0.466 e. The van der Waals surface area contributed by atoms with Gasteiger partial charge in [0.05, 0.1) is 12.5 Å². The quantitative estimate of drug-likeness (QED) is 0.624. The minimum atomic E-state index is -0.217. The van der Waals surface area contributed by atoms with Crippen LogP contribution in [0.3, 0.4) is 0 Å². The number of ether oxygens (including phenoxy) is 1. The molecule has 20 heavy (non-hydrogen) atoms. The van der Waals surface area contributed by atoms with Crippen molar-refractivity contribution in [1.82, 2.24) is 0 Å². The molecule has 0 aromatic heterocycles. The summed E-state index contributed by atoms with van der Waals surface area (Å²) in [7, 11) is 0. The first-order valence-corrected chi connectivity index (χ1v) is 8.06. The van der Waals surface area contributed by atoms with Gasteiger partial charge in [0.1, 0.15) is 5.82 Å². The molecule has 0 radical (unpaired) electrons. The third kappa shape index (κ3) is 4.07. The van der Waals surface area contributed by atoms with Crippen molar-refractivity contribution >= 4 is 34.2 Å². The van der Waals surface area contributed by atoms with Crippen molar-refractivity contribution in [3.63, 3.8) is 0 Å². The third-order valence-electron chi connectivity index (χ3n) is 3.64. The summed E-state index contributed by atoms with van der Waals surface area (Å²) in [6, 6.07) is 5.11. The van der Waals surface area contributed by atoms with Gasteiger partial charge in [-0.25, -0.2) is 4.39 Å². The number of anilines is 1. The van der Waals surface area contributed by atoms with E-state index in [1.165, 1.54) is 12.1 Å². The van der Waals surface area contributed by atoms with Crippen LogP contribution in [0.5, 0.6) is 0 Å². The van der Waals surface area contributed by atoms with Crippen LogP contribution in [-0.4, -0.2) is 18.6 Å². The van der Waals surface area contributed by atoms with Gasteiger partial charge in [-0.15, -0.1) is 0 Å². The van der Waals surface area contributed by atoms with Crippen molar-refractivity contribution < 1.29 is 13.9 Å². The molecule has 0 bridgehead atoms. The third-order valence-corrected chi connectivity index (χ3v) is 4.53. The predicted octanol–water partition coefficient (Wildman–Crippen LogP) is 3.96. The Bertz CT molecular complexity index is 473. The number of hydrogen-bond acceptors (Lipinski definition) is 3. The molecule has 0 atom stereocenters. The fourth-order valence-corrected chi connectivity index (χ4v) is 3.19. The van der Waals surface area contributed by atoms with E-state index in [1.807, 2.05) is 6.92 Å². The van der Waals surface area contributed by atoms with Crippen molar-refractivity contribution in [1.29, 1.82) is 0 Å². The molecule has 0 spiro atoms. The van der Waals surface area contributed by atoms with Crippen LogP contribution in [0.25, 0.3) is 0 Å². The fraction of sp³-hybridized carbons (Fsp3) is 0.533. The first-order valence-electron chi connectivity index (χ1n) is 6.98. The van der Waals surface area contributed by atoms with Gasteiger partial charge in [-0.05, 0) is 73.4 Å². The molecule has 110 valence electrons. The molecule has 0 aliphatic heterocycles. The average molecular weight is 391 g/mol. The van der Waals surface area contributed by atoms with Crippen LogP contribution in [0.1, 0.15) is 32.6 Å². The second-order valence-corrected chi connectivity index (χ2v) is 6.23. The van der Waals surface area contributed by atoms with Crippen molar-refractivity contribution in [2.24, 2.45) is 5.92 Å². The molecular formula is C15H19FINO2. The maximum Gasteiger partial charge on any atom is 0.308 e. The largest absolute Gasteiger partial charge is 0.466 e. The van der Waals surface area contributed by atoms with Crippen LogP contribution < -0.4 is 5.32 Å². The molecule has 1 aliphatic carbocycles. The van der Waals surface area contributed by atoms with Crippen LogP contribution in [-0.2, 0) is 9.53 Å². The minimum absolute atomic E-state index is 0.0419. The summed E-state index contributed by atoms with van der Waals surface area (Å²) in [5.41, 5.74) is 0.964. The van der Waals surface area contributed by atoms with Crippen molar-refractivity contribution in [3.05, 3.63) is 27.6 Å². The summed E-state index contributed by atoms with van der Waals surface area (Å²) in [6.45, 7) is 2.28. The number of carbonyl (C=O) groups is 1. The van der Waals surface area contributed by atoms with E-state index in [0.29, 0.717) is 12.6 Å². The lowest BCUT2D eigenvalue weighted by atomic mass is 9.86. The van der Waals surface area contributed by atoms with Gasteiger partial charge in [-0.3, -0.25) is 4.79 Å². The lowest BCUT2D eigenvalue weighted by molar-refractivity contribution is -0.149. The maximum atomic E-state index is 13.1. The highest BCUT2D eigenvalue weighted by atomic mass is 127. The van der Waals surface area contributed by atoms with E-state index in [-0.39, 0.29) is 17.7 Å². The molecule has 1 aromatic rings. The summed E-state index contributed by atoms with van der Waals surface area (Å²) in [5.74, 6) is -0.242. The number of esters is 1. The Labute approximate surface area is 132 Å². The molecular weight excluding hydrogens is 372 g/mol. The highest BCUT2D eigenvalue weighted by Gasteiger charge is 2.27. The molecule has 2 rings (SSSR count). The van der Waals surface area contributed by atoms with Gasteiger partial charge in [-0.1, -0.05) is 0 Å². The highest BCUT2D eigenvalue weighted by molar-refractivity contribution is 14.1. The summed E-state index contributed by atoms with van der Waals surface area (Å²) in [4.78, 5) is 11.7. The molecule has 0 heterocycles. The van der Waals surface area contributed by atoms with Crippen LogP contribution in [0.15, 0.2) is 18.2 Å². The zero-order valence-corrected chi connectivity index (χ0v) is 13.7. The molecule has 1 saturated carbocycles. The van der Waals surface area contributed by atoms with Gasteiger partial charge in [-0.2, -0.15) is 0 Å². The Hall–Kier alpha value is -0.850. The number of rotatable bonds is 4. The second-order valence-electron chi connectivity index (χ2n) is 5.07. The molecule has 0 amide bonds. The number of nitrogens with one attached hydrogen (secondary N) is 1. The maximum absolute atomic E-state index is 13.1. The predicted molar refractivity (Wildman–Crippen MR) is 85.1 cm³/mol. The van der Waals surface area contributed by atoms with Crippen LogP contribution in [0, 0.1) is 15.3 Å². The Morgan fingerprint density at radius 2 is 2.10 bits per heavy atom. The van der Waals surface area contributed by atoms with E-state index in [2.05, 4.69) is 27.9 Å². The molecule has 1 aliphatic rings. The Morgan fingerprint density at radius 3 is 2.70 bits per heavy atom. The number of halogens is 2. The molecule has 3 nitrogen and oxygen atoms in total. The van der Waals surface area contributed by atoms with Gasteiger partial charge in [0.15, 0.2) is 0 Å². The monoisotopic (exact) mass is 391 g/mol. The average Bonchev–Trinajstić information content (AvgIpc) is 2.43. The second kappa shape index (κ2) is 7.24. The van der Waals surface area contributed by atoms with E-state index in [0.717, 1.165) is 34.9 Å². The van der Waals surface area contributed by atoms with E-state index in [4.69, 9.17) is 4.74 Å². The van der Waals surface area contributed by atoms with E-state index in [1.54, 1.807) is 6.07 Å². The first-order chi connectivity index (χ1) is 9.60.